The molecule has 0 aliphatic carbocycles. The average Bonchev–Trinajstić information content (AvgIpc) is 3.08. The smallest absolute Gasteiger partial charge is 0.259 e. The fraction of sp³-hybridized carbons (Fsp3) is 0.611. The second-order valence-electron chi connectivity index (χ2n) is 6.58. The van der Waals surface area contributed by atoms with E-state index >= 15 is 0 Å². The van der Waals surface area contributed by atoms with Gasteiger partial charge in [0, 0.05) is 31.0 Å². The Kier molecular flexibility index (Phi) is 5.65. The topological polar surface area (TPSA) is 74.0 Å². The first-order chi connectivity index (χ1) is 12.2. The van der Waals surface area contributed by atoms with Gasteiger partial charge in [-0.15, -0.1) is 0 Å². The normalized spacial score (nSPS) is 18.2. The third-order valence-electron chi connectivity index (χ3n) is 5.04. The molecule has 3 rings (SSSR count). The van der Waals surface area contributed by atoms with E-state index in [1.807, 2.05) is 12.4 Å². The summed E-state index contributed by atoms with van der Waals surface area (Å²) in [6.45, 7) is 7.74. The highest BCUT2D eigenvalue weighted by molar-refractivity contribution is 5.99. The van der Waals surface area contributed by atoms with E-state index in [1.165, 1.54) is 0 Å². The van der Waals surface area contributed by atoms with E-state index < -0.39 is 0 Å². The van der Waals surface area contributed by atoms with Crippen LogP contribution in [0.1, 0.15) is 49.0 Å². The number of fused-ring (bicyclic) bond motifs is 1. The molecule has 1 aliphatic heterocycles. The minimum absolute atomic E-state index is 0.00635. The van der Waals surface area contributed by atoms with E-state index in [2.05, 4.69) is 28.8 Å². The number of rotatable bonds is 6. The summed E-state index contributed by atoms with van der Waals surface area (Å²) in [7, 11) is 0. The molecule has 1 saturated heterocycles. The van der Waals surface area contributed by atoms with Gasteiger partial charge in [-0.2, -0.15) is 5.10 Å². The lowest BCUT2D eigenvalue weighted by molar-refractivity contribution is 0.0504. The molecule has 2 aromatic rings. The molecule has 0 bridgehead atoms. The van der Waals surface area contributed by atoms with Gasteiger partial charge < -0.3 is 10.0 Å². The summed E-state index contributed by atoms with van der Waals surface area (Å²) in [5.74, 6) is -0.0854. The van der Waals surface area contributed by atoms with Crippen LogP contribution in [0.2, 0.25) is 0 Å². The van der Waals surface area contributed by atoms with Gasteiger partial charge in [-0.25, -0.2) is 9.50 Å². The maximum atomic E-state index is 12.9. The molecule has 1 fully saturated rings. The van der Waals surface area contributed by atoms with Crippen LogP contribution in [0.4, 0.5) is 0 Å². The van der Waals surface area contributed by atoms with Crippen LogP contribution in [0.5, 0.6) is 0 Å². The Morgan fingerprint density at radius 1 is 1.32 bits per heavy atom. The molecule has 25 heavy (non-hydrogen) atoms. The molecule has 0 aromatic carbocycles. The molecular formula is C18H27N5O2. The molecule has 136 valence electrons. The Morgan fingerprint density at radius 2 is 2.12 bits per heavy atom. The van der Waals surface area contributed by atoms with E-state index in [4.69, 9.17) is 0 Å². The van der Waals surface area contributed by atoms with E-state index in [0.29, 0.717) is 17.8 Å². The van der Waals surface area contributed by atoms with Crippen molar-refractivity contribution in [2.75, 3.05) is 26.2 Å². The molecule has 7 heteroatoms. The van der Waals surface area contributed by atoms with Crippen molar-refractivity contribution in [3.05, 3.63) is 29.7 Å². The largest absolute Gasteiger partial charge is 0.394 e. The van der Waals surface area contributed by atoms with E-state index in [1.54, 1.807) is 15.6 Å². The summed E-state index contributed by atoms with van der Waals surface area (Å²) >= 11 is 0. The van der Waals surface area contributed by atoms with Crippen molar-refractivity contribution in [3.63, 3.8) is 0 Å². The molecule has 0 radical (unpaired) electrons. The zero-order valence-corrected chi connectivity index (χ0v) is 15.1. The molecule has 1 aliphatic rings. The van der Waals surface area contributed by atoms with Crippen LogP contribution in [0.15, 0.2) is 18.6 Å². The molecule has 1 amide bonds. The van der Waals surface area contributed by atoms with Gasteiger partial charge in [-0.3, -0.25) is 9.69 Å². The predicted octanol–water partition coefficient (Wildman–Crippen LogP) is 1.56. The first-order valence-electron chi connectivity index (χ1n) is 9.14. The van der Waals surface area contributed by atoms with Gasteiger partial charge in [0.2, 0.25) is 0 Å². The number of aliphatic hydroxyl groups is 1. The third kappa shape index (κ3) is 3.67. The molecular weight excluding hydrogens is 318 g/mol. The molecule has 1 atom stereocenters. The summed E-state index contributed by atoms with van der Waals surface area (Å²) in [4.78, 5) is 21.5. The van der Waals surface area contributed by atoms with Gasteiger partial charge in [0.25, 0.3) is 5.91 Å². The SMILES string of the molecule is CCN(CC)Cc1cnc2c(C(=O)N3CCCCC3CO)cnn2c1. The van der Waals surface area contributed by atoms with Crippen LogP contribution in [0, 0.1) is 0 Å². The fourth-order valence-corrected chi connectivity index (χ4v) is 3.46. The van der Waals surface area contributed by atoms with Gasteiger partial charge in [0.1, 0.15) is 5.56 Å². The van der Waals surface area contributed by atoms with Crippen LogP contribution in [0.3, 0.4) is 0 Å². The first-order valence-corrected chi connectivity index (χ1v) is 9.14. The lowest BCUT2D eigenvalue weighted by Crippen LogP contribution is -2.45. The monoisotopic (exact) mass is 345 g/mol. The van der Waals surface area contributed by atoms with E-state index in [-0.39, 0.29) is 18.6 Å². The van der Waals surface area contributed by atoms with Crippen LogP contribution in [0.25, 0.3) is 5.65 Å². The van der Waals surface area contributed by atoms with Gasteiger partial charge in [-0.1, -0.05) is 13.8 Å². The zero-order chi connectivity index (χ0) is 17.8. The van der Waals surface area contributed by atoms with Crippen LogP contribution in [-0.2, 0) is 6.54 Å². The maximum absolute atomic E-state index is 12.9. The highest BCUT2D eigenvalue weighted by Gasteiger charge is 2.29. The zero-order valence-electron chi connectivity index (χ0n) is 15.1. The fourth-order valence-electron chi connectivity index (χ4n) is 3.46. The second kappa shape index (κ2) is 7.93. The van der Waals surface area contributed by atoms with Crippen molar-refractivity contribution >= 4 is 11.6 Å². The molecule has 0 spiro atoms. The van der Waals surface area contributed by atoms with Crippen LogP contribution >= 0.6 is 0 Å². The lowest BCUT2D eigenvalue weighted by atomic mass is 10.0. The Labute approximate surface area is 148 Å². The second-order valence-corrected chi connectivity index (χ2v) is 6.58. The lowest BCUT2D eigenvalue weighted by Gasteiger charge is -2.34. The molecule has 0 saturated carbocycles. The van der Waals surface area contributed by atoms with Crippen molar-refractivity contribution in [2.45, 2.75) is 45.7 Å². The first kappa shape index (κ1) is 17.8. The summed E-state index contributed by atoms with van der Waals surface area (Å²) < 4.78 is 1.68. The number of hydrogen-bond donors (Lipinski definition) is 1. The maximum Gasteiger partial charge on any atom is 0.259 e. The standard InChI is InChI=1S/C18H27N5O2/c1-3-21(4-2)11-14-9-19-17-16(10-20-23(17)12-14)18(25)22-8-6-5-7-15(22)13-24/h9-10,12,15,24H,3-8,11,13H2,1-2H3. The number of aliphatic hydroxyl groups excluding tert-OH is 1. The Hall–Kier alpha value is -1.99. The Bertz CT molecular complexity index is 725. The minimum Gasteiger partial charge on any atom is -0.394 e. The summed E-state index contributed by atoms with van der Waals surface area (Å²) in [5.41, 5.74) is 2.16. The summed E-state index contributed by atoms with van der Waals surface area (Å²) in [5, 5.41) is 13.9. The third-order valence-corrected chi connectivity index (χ3v) is 5.04. The molecule has 3 heterocycles. The number of piperidine rings is 1. The van der Waals surface area contributed by atoms with Crippen molar-refractivity contribution in [2.24, 2.45) is 0 Å². The minimum atomic E-state index is -0.0989. The average molecular weight is 345 g/mol. The van der Waals surface area contributed by atoms with Gasteiger partial charge >= 0.3 is 0 Å². The number of hydrogen-bond acceptors (Lipinski definition) is 5. The van der Waals surface area contributed by atoms with E-state index in [9.17, 15) is 9.90 Å². The van der Waals surface area contributed by atoms with Crippen LogP contribution < -0.4 is 0 Å². The van der Waals surface area contributed by atoms with Crippen molar-refractivity contribution in [1.82, 2.24) is 24.4 Å². The highest BCUT2D eigenvalue weighted by atomic mass is 16.3. The predicted molar refractivity (Wildman–Crippen MR) is 95.4 cm³/mol. The summed E-state index contributed by atoms with van der Waals surface area (Å²) in [6.07, 6.45) is 8.24. The Morgan fingerprint density at radius 3 is 2.84 bits per heavy atom. The van der Waals surface area contributed by atoms with Crippen molar-refractivity contribution < 1.29 is 9.90 Å². The van der Waals surface area contributed by atoms with E-state index in [0.717, 1.165) is 44.5 Å². The number of carbonyl (C=O) groups excluding carboxylic acids is 1. The van der Waals surface area contributed by atoms with Crippen molar-refractivity contribution in [3.8, 4) is 0 Å². The number of aromatic nitrogens is 3. The molecule has 7 nitrogen and oxygen atoms in total. The Balaban J connectivity index is 1.84. The number of nitrogens with zero attached hydrogens (tertiary/aromatic N) is 5. The number of likely N-dealkylation sites (tertiary alicyclic amines) is 1. The highest BCUT2D eigenvalue weighted by Crippen LogP contribution is 2.21. The molecule has 2 aromatic heterocycles. The quantitative estimate of drug-likeness (QED) is 0.860. The van der Waals surface area contributed by atoms with Crippen molar-refractivity contribution in [1.29, 1.82) is 0 Å². The molecule has 1 unspecified atom stereocenters. The molecule has 1 N–H and O–H groups in total. The van der Waals surface area contributed by atoms with Gasteiger partial charge in [0.15, 0.2) is 5.65 Å². The van der Waals surface area contributed by atoms with Gasteiger partial charge in [0.05, 0.1) is 18.8 Å². The van der Waals surface area contributed by atoms with Gasteiger partial charge in [-0.05, 0) is 32.4 Å². The number of amides is 1. The van der Waals surface area contributed by atoms with Crippen LogP contribution in [-0.4, -0.2) is 67.7 Å². The summed E-state index contributed by atoms with van der Waals surface area (Å²) in [6, 6.07) is -0.0989. The number of carbonyl (C=O) groups is 1.